The van der Waals surface area contributed by atoms with Crippen LogP contribution in [0.2, 0.25) is 5.02 Å². The van der Waals surface area contributed by atoms with Crippen LogP contribution in [0.1, 0.15) is 34.0 Å². The van der Waals surface area contributed by atoms with Crippen LogP contribution in [-0.2, 0) is 6.54 Å². The molecule has 2 aromatic rings. The molecule has 0 spiro atoms. The average Bonchev–Trinajstić information content (AvgIpc) is 3.04. The predicted octanol–water partition coefficient (Wildman–Crippen LogP) is 4.11. The van der Waals surface area contributed by atoms with Gasteiger partial charge in [0.05, 0.1) is 11.1 Å². The molecule has 6 heteroatoms. The number of ether oxygens (including phenoxy) is 1. The van der Waals surface area contributed by atoms with Gasteiger partial charge in [-0.2, -0.15) is 0 Å². The number of fused-ring (bicyclic) bond motifs is 1. The normalized spacial score (nSPS) is 18.9. The van der Waals surface area contributed by atoms with E-state index in [1.807, 2.05) is 25.1 Å². The summed E-state index contributed by atoms with van der Waals surface area (Å²) in [6, 6.07) is 8.99. The van der Waals surface area contributed by atoms with Crippen molar-refractivity contribution in [2.24, 2.45) is 0 Å². The van der Waals surface area contributed by atoms with Crippen molar-refractivity contribution in [3.8, 4) is 11.5 Å². The summed E-state index contributed by atoms with van der Waals surface area (Å²) < 4.78 is 6.01. The van der Waals surface area contributed by atoms with Crippen LogP contribution in [0.15, 0.2) is 36.1 Å². The first kappa shape index (κ1) is 20.0. The Morgan fingerprint density at radius 3 is 2.55 bits per heavy atom. The molecule has 0 radical (unpaired) electrons. The highest BCUT2D eigenvalue weighted by Crippen LogP contribution is 2.42. The van der Waals surface area contributed by atoms with Crippen molar-refractivity contribution in [1.29, 1.82) is 0 Å². The molecule has 2 aliphatic heterocycles. The summed E-state index contributed by atoms with van der Waals surface area (Å²) in [5, 5.41) is 11.2. The van der Waals surface area contributed by atoms with E-state index in [9.17, 15) is 9.90 Å². The fourth-order valence-electron chi connectivity index (χ4n) is 3.95. The number of hydrogen-bond donors (Lipinski definition) is 1. The number of ketones is 1. The number of halogens is 1. The summed E-state index contributed by atoms with van der Waals surface area (Å²) in [6.07, 6.45) is 1.67. The lowest BCUT2D eigenvalue weighted by atomic mass is 9.99. The topological polar surface area (TPSA) is 53.0 Å². The Bertz CT molecular complexity index is 978. The Morgan fingerprint density at radius 1 is 1.17 bits per heavy atom. The standard InChI is InChI=1S/C23H25ClN2O3/c1-3-25-8-10-26(11-9-25)14-17-19(27)12-15(2)21-22(28)20(29-23(17)21)13-16-6-4-5-7-18(16)24/h4-7,12-13,27H,3,8-11,14H2,1-2H3/b20-13-. The Morgan fingerprint density at radius 2 is 1.86 bits per heavy atom. The quantitative estimate of drug-likeness (QED) is 0.766. The van der Waals surface area contributed by atoms with Crippen molar-refractivity contribution in [3.63, 3.8) is 0 Å². The van der Waals surface area contributed by atoms with E-state index in [4.69, 9.17) is 16.3 Å². The van der Waals surface area contributed by atoms with E-state index < -0.39 is 0 Å². The number of carbonyl (C=O) groups excluding carboxylic acids is 1. The average molecular weight is 413 g/mol. The van der Waals surface area contributed by atoms with Gasteiger partial charge in [0, 0.05) is 37.7 Å². The van der Waals surface area contributed by atoms with E-state index in [0.29, 0.717) is 34.0 Å². The zero-order valence-electron chi connectivity index (χ0n) is 16.7. The number of hydrogen-bond acceptors (Lipinski definition) is 5. The summed E-state index contributed by atoms with van der Waals surface area (Å²) in [7, 11) is 0. The molecule has 29 heavy (non-hydrogen) atoms. The van der Waals surface area contributed by atoms with Crippen molar-refractivity contribution in [2.75, 3.05) is 32.7 Å². The summed E-state index contributed by atoms with van der Waals surface area (Å²) in [5.41, 5.74) is 2.64. The first-order valence-corrected chi connectivity index (χ1v) is 10.3. The van der Waals surface area contributed by atoms with E-state index in [0.717, 1.165) is 38.3 Å². The van der Waals surface area contributed by atoms with Crippen LogP contribution in [0, 0.1) is 6.92 Å². The molecule has 0 amide bonds. The number of nitrogens with zero attached hydrogens (tertiary/aromatic N) is 2. The van der Waals surface area contributed by atoms with Gasteiger partial charge >= 0.3 is 0 Å². The molecule has 0 aromatic heterocycles. The van der Waals surface area contributed by atoms with E-state index >= 15 is 0 Å². The minimum atomic E-state index is -0.172. The predicted molar refractivity (Wildman–Crippen MR) is 115 cm³/mol. The lowest BCUT2D eigenvalue weighted by Crippen LogP contribution is -2.45. The molecular formula is C23H25ClN2O3. The number of benzene rings is 2. The number of aromatic hydroxyl groups is 1. The third-order valence-electron chi connectivity index (χ3n) is 5.71. The highest BCUT2D eigenvalue weighted by molar-refractivity contribution is 6.32. The molecule has 4 rings (SSSR count). The maximum absolute atomic E-state index is 13.0. The highest BCUT2D eigenvalue weighted by atomic mass is 35.5. The number of aryl methyl sites for hydroxylation is 1. The smallest absolute Gasteiger partial charge is 0.232 e. The minimum Gasteiger partial charge on any atom is -0.507 e. The molecule has 1 fully saturated rings. The number of phenols is 1. The Balaban J connectivity index is 1.65. The summed E-state index contributed by atoms with van der Waals surface area (Å²) in [6.45, 7) is 9.44. The molecule has 152 valence electrons. The summed E-state index contributed by atoms with van der Waals surface area (Å²) >= 11 is 6.24. The van der Waals surface area contributed by atoms with Gasteiger partial charge in [-0.3, -0.25) is 9.69 Å². The number of piperazine rings is 1. The van der Waals surface area contributed by atoms with Crippen LogP contribution in [0.5, 0.6) is 11.5 Å². The van der Waals surface area contributed by atoms with E-state index in [1.165, 1.54) is 0 Å². The van der Waals surface area contributed by atoms with Crippen molar-refractivity contribution < 1.29 is 14.6 Å². The molecule has 0 atom stereocenters. The van der Waals surface area contributed by atoms with Gasteiger partial charge in [0.25, 0.3) is 0 Å². The molecule has 0 unspecified atom stereocenters. The lowest BCUT2D eigenvalue weighted by molar-refractivity contribution is 0.101. The second-order valence-electron chi connectivity index (χ2n) is 7.57. The number of carbonyl (C=O) groups is 1. The molecule has 0 aliphatic carbocycles. The number of rotatable bonds is 4. The zero-order chi connectivity index (χ0) is 20.5. The van der Waals surface area contributed by atoms with E-state index in [-0.39, 0.29) is 17.3 Å². The summed E-state index contributed by atoms with van der Waals surface area (Å²) in [5.74, 6) is 0.711. The molecule has 1 saturated heterocycles. The van der Waals surface area contributed by atoms with Crippen LogP contribution < -0.4 is 4.74 Å². The number of phenolic OH excluding ortho intramolecular Hbond substituents is 1. The maximum Gasteiger partial charge on any atom is 0.232 e. The van der Waals surface area contributed by atoms with Crippen molar-refractivity contribution in [3.05, 3.63) is 63.4 Å². The van der Waals surface area contributed by atoms with E-state index in [2.05, 4.69) is 16.7 Å². The molecule has 0 saturated carbocycles. The van der Waals surface area contributed by atoms with Gasteiger partial charge in [0.2, 0.25) is 5.78 Å². The van der Waals surface area contributed by atoms with Crippen LogP contribution >= 0.6 is 11.6 Å². The molecule has 1 N–H and O–H groups in total. The minimum absolute atomic E-state index is 0.172. The second kappa shape index (κ2) is 8.19. The van der Waals surface area contributed by atoms with Gasteiger partial charge in [-0.25, -0.2) is 0 Å². The third kappa shape index (κ3) is 3.90. The van der Waals surface area contributed by atoms with Crippen molar-refractivity contribution >= 4 is 23.5 Å². The first-order chi connectivity index (χ1) is 14.0. The molecule has 0 bridgehead atoms. The zero-order valence-corrected chi connectivity index (χ0v) is 17.5. The van der Waals surface area contributed by atoms with Crippen LogP contribution in [0.4, 0.5) is 0 Å². The molecule has 2 aromatic carbocycles. The number of Topliss-reactive ketones (excluding diaryl/α,β-unsaturated/α-hetero) is 1. The fourth-order valence-corrected chi connectivity index (χ4v) is 4.14. The van der Waals surface area contributed by atoms with Gasteiger partial charge in [-0.1, -0.05) is 36.7 Å². The van der Waals surface area contributed by atoms with E-state index in [1.54, 1.807) is 18.2 Å². The second-order valence-corrected chi connectivity index (χ2v) is 7.97. The third-order valence-corrected chi connectivity index (χ3v) is 6.05. The SMILES string of the molecule is CCN1CCN(Cc2c(O)cc(C)c3c2O/C(=C\c2ccccc2Cl)C3=O)CC1. The Hall–Kier alpha value is -2.34. The van der Waals surface area contributed by atoms with Crippen LogP contribution in [0.3, 0.4) is 0 Å². The number of allylic oxidation sites excluding steroid dienone is 1. The Kier molecular flexibility index (Phi) is 5.63. The van der Waals surface area contributed by atoms with Crippen molar-refractivity contribution in [2.45, 2.75) is 20.4 Å². The summed E-state index contributed by atoms with van der Waals surface area (Å²) in [4.78, 5) is 17.7. The highest BCUT2D eigenvalue weighted by Gasteiger charge is 2.34. The lowest BCUT2D eigenvalue weighted by Gasteiger charge is -2.34. The monoisotopic (exact) mass is 412 g/mol. The van der Waals surface area contributed by atoms with Gasteiger partial charge in [-0.05, 0) is 42.8 Å². The van der Waals surface area contributed by atoms with Gasteiger partial charge in [0.15, 0.2) is 5.76 Å². The largest absolute Gasteiger partial charge is 0.507 e. The molecule has 2 aliphatic rings. The van der Waals surface area contributed by atoms with Gasteiger partial charge in [0.1, 0.15) is 11.5 Å². The van der Waals surface area contributed by atoms with Crippen molar-refractivity contribution in [1.82, 2.24) is 9.80 Å². The number of likely N-dealkylation sites (N-methyl/N-ethyl adjacent to an activating group) is 1. The maximum atomic E-state index is 13.0. The van der Waals surface area contributed by atoms with Crippen LogP contribution in [-0.4, -0.2) is 53.4 Å². The fraction of sp³-hybridized carbons (Fsp3) is 0.348. The first-order valence-electron chi connectivity index (χ1n) is 9.97. The van der Waals surface area contributed by atoms with Gasteiger partial charge in [-0.15, -0.1) is 0 Å². The Labute approximate surface area is 176 Å². The van der Waals surface area contributed by atoms with Crippen LogP contribution in [0.25, 0.3) is 6.08 Å². The van der Waals surface area contributed by atoms with Gasteiger partial charge < -0.3 is 14.7 Å². The molecule has 2 heterocycles. The molecular weight excluding hydrogens is 388 g/mol. The molecule has 5 nitrogen and oxygen atoms in total.